The van der Waals surface area contributed by atoms with Crippen LogP contribution in [0.5, 0.6) is 0 Å². The number of fused-ring (bicyclic) bond motifs is 1. The molecule has 29 heavy (non-hydrogen) atoms. The van der Waals surface area contributed by atoms with Crippen molar-refractivity contribution in [2.75, 3.05) is 13.1 Å². The molecule has 1 fully saturated rings. The maximum atomic E-state index is 12.9. The van der Waals surface area contributed by atoms with Crippen LogP contribution < -0.4 is 0 Å². The molecule has 0 spiro atoms. The molecule has 0 radical (unpaired) electrons. The van der Waals surface area contributed by atoms with Gasteiger partial charge in [0, 0.05) is 43.0 Å². The Morgan fingerprint density at radius 1 is 1.17 bits per heavy atom. The molecule has 1 aliphatic heterocycles. The van der Waals surface area contributed by atoms with Gasteiger partial charge in [-0.15, -0.1) is 0 Å². The first-order chi connectivity index (χ1) is 13.6. The summed E-state index contributed by atoms with van der Waals surface area (Å²) in [4.78, 5) is 17.8. The minimum atomic E-state index is -3.70. The number of carbonyl (C=O) groups excluding carboxylic acids is 1. The van der Waals surface area contributed by atoms with E-state index in [1.165, 1.54) is 22.4 Å². The minimum absolute atomic E-state index is 0.147. The van der Waals surface area contributed by atoms with Crippen LogP contribution in [0.4, 0.5) is 4.79 Å². The van der Waals surface area contributed by atoms with Crippen LogP contribution >= 0.6 is 0 Å². The molecule has 152 valence electrons. The lowest BCUT2D eigenvalue weighted by molar-refractivity contribution is 0.00820. The van der Waals surface area contributed by atoms with Gasteiger partial charge in [-0.1, -0.05) is 6.07 Å². The number of benzene rings is 1. The number of amides is 1. The van der Waals surface area contributed by atoms with Crippen LogP contribution in [0.2, 0.25) is 0 Å². The molecule has 0 atom stereocenters. The fourth-order valence-electron chi connectivity index (χ4n) is 3.38. The van der Waals surface area contributed by atoms with Crippen LogP contribution in [-0.2, 0) is 14.8 Å². The van der Waals surface area contributed by atoms with Crippen LogP contribution in [0, 0.1) is 0 Å². The fourth-order valence-corrected chi connectivity index (χ4v) is 4.70. The summed E-state index contributed by atoms with van der Waals surface area (Å²) >= 11 is 0. The second kappa shape index (κ2) is 6.88. The SMILES string of the molecule is CC(C)(C)OC(=O)N1CC(c2ccc3c(ccn3S(=O)(=O)c3cccnc3)c2)C1. The van der Waals surface area contributed by atoms with E-state index >= 15 is 0 Å². The second-order valence-corrected chi connectivity index (χ2v) is 10.0. The summed E-state index contributed by atoms with van der Waals surface area (Å²) in [5.41, 5.74) is 1.18. The standard InChI is InChI=1S/C21H23N3O4S/c1-21(2,3)28-20(25)23-13-17(14-23)15-6-7-19-16(11-15)8-10-24(19)29(26,27)18-5-4-9-22-12-18/h4-12,17H,13-14H2,1-3H3. The molecule has 0 saturated carbocycles. The first kappa shape index (κ1) is 19.4. The maximum absolute atomic E-state index is 12.9. The fraction of sp³-hybridized carbons (Fsp3) is 0.333. The quantitative estimate of drug-likeness (QED) is 0.655. The van der Waals surface area contributed by atoms with Gasteiger partial charge in [0.1, 0.15) is 10.5 Å². The number of carbonyl (C=O) groups is 1. The Hall–Kier alpha value is -2.87. The van der Waals surface area contributed by atoms with Crippen molar-refractivity contribution in [2.24, 2.45) is 0 Å². The zero-order valence-electron chi connectivity index (χ0n) is 16.6. The second-order valence-electron chi connectivity index (χ2n) is 8.21. The van der Waals surface area contributed by atoms with Crippen molar-refractivity contribution in [3.05, 3.63) is 60.6 Å². The van der Waals surface area contributed by atoms with Crippen LogP contribution in [0.3, 0.4) is 0 Å². The van der Waals surface area contributed by atoms with E-state index in [9.17, 15) is 13.2 Å². The maximum Gasteiger partial charge on any atom is 0.410 e. The zero-order chi connectivity index (χ0) is 20.8. The Balaban J connectivity index is 1.54. The predicted molar refractivity (Wildman–Crippen MR) is 109 cm³/mol. The molecule has 1 amide bonds. The average molecular weight is 413 g/mol. The average Bonchev–Trinajstić information content (AvgIpc) is 3.04. The lowest BCUT2D eigenvalue weighted by Crippen LogP contribution is -2.50. The van der Waals surface area contributed by atoms with Crippen LogP contribution in [-0.4, -0.2) is 47.1 Å². The van der Waals surface area contributed by atoms with Gasteiger partial charge in [-0.05, 0) is 56.7 Å². The molecule has 0 unspecified atom stereocenters. The molecule has 1 saturated heterocycles. The summed E-state index contributed by atoms with van der Waals surface area (Å²) in [6.45, 7) is 6.73. The predicted octanol–water partition coefficient (Wildman–Crippen LogP) is 3.61. The highest BCUT2D eigenvalue weighted by molar-refractivity contribution is 7.90. The highest BCUT2D eigenvalue weighted by Gasteiger charge is 2.34. The van der Waals surface area contributed by atoms with Gasteiger partial charge in [0.15, 0.2) is 0 Å². The van der Waals surface area contributed by atoms with E-state index in [2.05, 4.69) is 4.98 Å². The molecule has 3 aromatic rings. The van der Waals surface area contributed by atoms with E-state index in [1.54, 1.807) is 23.2 Å². The minimum Gasteiger partial charge on any atom is -0.444 e. The van der Waals surface area contributed by atoms with Crippen molar-refractivity contribution >= 4 is 27.0 Å². The molecule has 2 aromatic heterocycles. The Kier molecular flexibility index (Phi) is 4.61. The number of aromatic nitrogens is 2. The van der Waals surface area contributed by atoms with Crippen molar-refractivity contribution in [2.45, 2.75) is 37.2 Å². The summed E-state index contributed by atoms with van der Waals surface area (Å²) in [6, 6.07) is 10.6. The first-order valence-corrected chi connectivity index (χ1v) is 10.8. The Morgan fingerprint density at radius 2 is 1.93 bits per heavy atom. The molecule has 3 heterocycles. The molecule has 7 nitrogen and oxygen atoms in total. The molecule has 4 rings (SSSR count). The van der Waals surface area contributed by atoms with Crippen LogP contribution in [0.25, 0.3) is 10.9 Å². The van der Waals surface area contributed by atoms with Crippen molar-refractivity contribution in [3.8, 4) is 0 Å². The van der Waals surface area contributed by atoms with Gasteiger partial charge >= 0.3 is 6.09 Å². The molecule has 8 heteroatoms. The molecule has 0 N–H and O–H groups in total. The largest absolute Gasteiger partial charge is 0.444 e. The summed E-state index contributed by atoms with van der Waals surface area (Å²) in [7, 11) is -3.70. The van der Waals surface area contributed by atoms with Crippen molar-refractivity contribution in [1.29, 1.82) is 0 Å². The van der Waals surface area contributed by atoms with E-state index in [0.717, 1.165) is 10.9 Å². The van der Waals surface area contributed by atoms with Gasteiger partial charge in [0.25, 0.3) is 10.0 Å². The molecule has 1 aliphatic rings. The van der Waals surface area contributed by atoms with Gasteiger partial charge in [-0.3, -0.25) is 4.98 Å². The summed E-state index contributed by atoms with van der Waals surface area (Å²) in [6.07, 6.45) is 4.14. The third-order valence-corrected chi connectivity index (χ3v) is 6.55. The molecular formula is C21H23N3O4S. The van der Waals surface area contributed by atoms with Gasteiger partial charge in [0.05, 0.1) is 5.52 Å². The van der Waals surface area contributed by atoms with Crippen molar-refractivity contribution in [1.82, 2.24) is 13.9 Å². The zero-order valence-corrected chi connectivity index (χ0v) is 17.4. The van der Waals surface area contributed by atoms with Crippen molar-refractivity contribution in [3.63, 3.8) is 0 Å². The molecule has 0 bridgehead atoms. The third kappa shape index (κ3) is 3.72. The van der Waals surface area contributed by atoms with E-state index in [-0.39, 0.29) is 16.9 Å². The summed E-state index contributed by atoms with van der Waals surface area (Å²) in [5, 5.41) is 0.839. The van der Waals surface area contributed by atoms with Gasteiger partial charge < -0.3 is 9.64 Å². The number of likely N-dealkylation sites (tertiary alicyclic amines) is 1. The smallest absolute Gasteiger partial charge is 0.410 e. The Morgan fingerprint density at radius 3 is 2.59 bits per heavy atom. The topological polar surface area (TPSA) is 81.5 Å². The number of nitrogens with zero attached hydrogens (tertiary/aromatic N) is 3. The van der Waals surface area contributed by atoms with E-state index in [4.69, 9.17) is 4.74 Å². The normalized spacial score (nSPS) is 15.3. The highest BCUT2D eigenvalue weighted by atomic mass is 32.2. The monoisotopic (exact) mass is 413 g/mol. The first-order valence-electron chi connectivity index (χ1n) is 9.40. The van der Waals surface area contributed by atoms with Crippen molar-refractivity contribution < 1.29 is 17.9 Å². The highest BCUT2D eigenvalue weighted by Crippen LogP contribution is 2.31. The number of rotatable bonds is 3. The van der Waals surface area contributed by atoms with E-state index < -0.39 is 15.6 Å². The van der Waals surface area contributed by atoms with Gasteiger partial charge in [-0.2, -0.15) is 0 Å². The Labute approximate surface area is 170 Å². The summed E-state index contributed by atoms with van der Waals surface area (Å²) in [5.74, 6) is 0.213. The molecule has 0 aliphatic carbocycles. The lowest BCUT2D eigenvalue weighted by atomic mass is 9.91. The molecule has 1 aromatic carbocycles. The van der Waals surface area contributed by atoms with Crippen LogP contribution in [0.1, 0.15) is 32.3 Å². The number of hydrogen-bond donors (Lipinski definition) is 0. The van der Waals surface area contributed by atoms with Crippen LogP contribution in [0.15, 0.2) is 59.9 Å². The van der Waals surface area contributed by atoms with E-state index in [0.29, 0.717) is 18.6 Å². The van der Waals surface area contributed by atoms with Gasteiger partial charge in [0.2, 0.25) is 0 Å². The Bertz CT molecular complexity index is 1160. The lowest BCUT2D eigenvalue weighted by Gasteiger charge is -2.40. The van der Waals surface area contributed by atoms with Gasteiger partial charge in [-0.25, -0.2) is 17.2 Å². The summed E-state index contributed by atoms with van der Waals surface area (Å²) < 4.78 is 32.4. The third-order valence-electron chi connectivity index (χ3n) is 4.87. The number of pyridine rings is 1. The number of hydrogen-bond acceptors (Lipinski definition) is 5. The van der Waals surface area contributed by atoms with E-state index in [1.807, 2.05) is 39.0 Å². The molecular weight excluding hydrogens is 390 g/mol. The number of ether oxygens (including phenoxy) is 1.